The van der Waals surface area contributed by atoms with Crippen LogP contribution < -0.4 is 5.73 Å². The molecule has 1 aliphatic rings. The van der Waals surface area contributed by atoms with E-state index in [1.165, 1.54) is 12.1 Å². The largest absolute Gasteiger partial charge is 0.416 e. The fourth-order valence-corrected chi connectivity index (χ4v) is 1.70. The number of alkyl halides is 4. The van der Waals surface area contributed by atoms with Gasteiger partial charge in [0.05, 0.1) is 5.56 Å². The smallest absolute Gasteiger partial charge is 0.323 e. The molecule has 1 atom stereocenters. The highest BCUT2D eigenvalue weighted by Crippen LogP contribution is 2.39. The van der Waals surface area contributed by atoms with Crippen molar-refractivity contribution in [3.8, 4) is 0 Å². The summed E-state index contributed by atoms with van der Waals surface area (Å²) < 4.78 is 50.5. The molecular formula is C12H13F4N. The predicted molar refractivity (Wildman–Crippen MR) is 56.2 cm³/mol. The molecule has 1 unspecified atom stereocenters. The van der Waals surface area contributed by atoms with E-state index >= 15 is 0 Å². The van der Waals surface area contributed by atoms with Gasteiger partial charge >= 0.3 is 6.18 Å². The third kappa shape index (κ3) is 2.77. The predicted octanol–water partition coefficient (Wildman–Crippen LogP) is 3.08. The van der Waals surface area contributed by atoms with Crippen molar-refractivity contribution in [2.24, 2.45) is 5.73 Å². The van der Waals surface area contributed by atoms with E-state index in [4.69, 9.17) is 5.73 Å². The molecule has 0 amide bonds. The number of rotatable bonds is 3. The standard InChI is InChI=1S/C12H13F4N/c13-10(11(17)5-6-11)7-8-1-3-9(4-2-8)12(14,15)16/h1-4,10H,5-7,17H2. The normalized spacial score (nSPS) is 20.1. The first-order valence-corrected chi connectivity index (χ1v) is 5.40. The van der Waals surface area contributed by atoms with E-state index in [1.807, 2.05) is 0 Å². The van der Waals surface area contributed by atoms with Gasteiger partial charge in [-0.05, 0) is 30.5 Å². The van der Waals surface area contributed by atoms with Gasteiger partial charge in [0, 0.05) is 12.0 Å². The van der Waals surface area contributed by atoms with Gasteiger partial charge in [0.2, 0.25) is 0 Å². The van der Waals surface area contributed by atoms with E-state index in [-0.39, 0.29) is 6.42 Å². The van der Waals surface area contributed by atoms with Crippen LogP contribution in [0.25, 0.3) is 0 Å². The zero-order chi connectivity index (χ0) is 12.7. The second-order valence-corrected chi connectivity index (χ2v) is 4.60. The Balaban J connectivity index is 2.03. The molecule has 1 saturated carbocycles. The molecule has 1 aromatic rings. The van der Waals surface area contributed by atoms with Crippen LogP contribution in [-0.2, 0) is 12.6 Å². The molecule has 1 aliphatic carbocycles. The average molecular weight is 247 g/mol. The van der Waals surface area contributed by atoms with Gasteiger partial charge in [-0.1, -0.05) is 12.1 Å². The van der Waals surface area contributed by atoms with Crippen LogP contribution in [0.2, 0.25) is 0 Å². The van der Waals surface area contributed by atoms with Crippen molar-refractivity contribution < 1.29 is 17.6 Å². The lowest BCUT2D eigenvalue weighted by Gasteiger charge is -2.15. The highest BCUT2D eigenvalue weighted by molar-refractivity contribution is 5.26. The van der Waals surface area contributed by atoms with Crippen molar-refractivity contribution >= 4 is 0 Å². The van der Waals surface area contributed by atoms with Crippen molar-refractivity contribution in [3.05, 3.63) is 35.4 Å². The Morgan fingerprint density at radius 1 is 1.18 bits per heavy atom. The molecule has 0 spiro atoms. The van der Waals surface area contributed by atoms with Crippen molar-refractivity contribution in [1.29, 1.82) is 0 Å². The Bertz CT molecular complexity index is 392. The molecule has 94 valence electrons. The van der Waals surface area contributed by atoms with Crippen molar-refractivity contribution in [3.63, 3.8) is 0 Å². The first-order valence-electron chi connectivity index (χ1n) is 5.40. The van der Waals surface area contributed by atoms with Gasteiger partial charge in [0.15, 0.2) is 0 Å². The maximum atomic E-state index is 13.6. The van der Waals surface area contributed by atoms with Gasteiger partial charge in [0.25, 0.3) is 0 Å². The molecule has 0 aromatic heterocycles. The average Bonchev–Trinajstić information content (AvgIpc) is 2.97. The minimum Gasteiger partial charge on any atom is -0.323 e. The Hall–Kier alpha value is -1.10. The number of benzene rings is 1. The van der Waals surface area contributed by atoms with Crippen LogP contribution in [0.15, 0.2) is 24.3 Å². The van der Waals surface area contributed by atoms with Crippen LogP contribution in [0.1, 0.15) is 24.0 Å². The van der Waals surface area contributed by atoms with Crippen molar-refractivity contribution in [1.82, 2.24) is 0 Å². The van der Waals surface area contributed by atoms with E-state index in [0.717, 1.165) is 12.1 Å². The van der Waals surface area contributed by atoms with E-state index in [0.29, 0.717) is 18.4 Å². The summed E-state index contributed by atoms with van der Waals surface area (Å²) in [7, 11) is 0. The van der Waals surface area contributed by atoms with Crippen molar-refractivity contribution in [2.45, 2.75) is 37.1 Å². The Morgan fingerprint density at radius 3 is 2.12 bits per heavy atom. The van der Waals surface area contributed by atoms with Gasteiger partial charge < -0.3 is 5.73 Å². The third-order valence-electron chi connectivity index (χ3n) is 3.15. The van der Waals surface area contributed by atoms with Gasteiger partial charge in [-0.25, -0.2) is 4.39 Å². The molecule has 2 rings (SSSR count). The maximum absolute atomic E-state index is 13.6. The summed E-state index contributed by atoms with van der Waals surface area (Å²) in [6.07, 6.45) is -4.16. The number of nitrogens with two attached hydrogens (primary N) is 1. The summed E-state index contributed by atoms with van der Waals surface area (Å²) in [5, 5.41) is 0. The summed E-state index contributed by atoms with van der Waals surface area (Å²) in [6, 6.07) is 4.55. The summed E-state index contributed by atoms with van der Waals surface area (Å²) in [5.41, 5.74) is 4.76. The molecule has 1 nitrogen and oxygen atoms in total. The lowest BCUT2D eigenvalue weighted by atomic mass is 10.0. The minimum atomic E-state index is -4.35. The molecule has 0 bridgehead atoms. The molecule has 1 fully saturated rings. The van der Waals surface area contributed by atoms with Crippen LogP contribution >= 0.6 is 0 Å². The van der Waals surface area contributed by atoms with E-state index in [9.17, 15) is 17.6 Å². The zero-order valence-electron chi connectivity index (χ0n) is 9.10. The topological polar surface area (TPSA) is 26.0 Å². The molecule has 0 heterocycles. The van der Waals surface area contributed by atoms with Crippen LogP contribution in [0.5, 0.6) is 0 Å². The van der Waals surface area contributed by atoms with Crippen LogP contribution in [0.4, 0.5) is 17.6 Å². The second kappa shape index (κ2) is 3.98. The Labute approximate surface area is 96.6 Å². The van der Waals surface area contributed by atoms with Crippen molar-refractivity contribution in [2.75, 3.05) is 0 Å². The molecule has 0 saturated heterocycles. The van der Waals surface area contributed by atoms with Crippen LogP contribution in [-0.4, -0.2) is 11.7 Å². The number of halogens is 4. The number of hydrogen-bond donors (Lipinski definition) is 1. The maximum Gasteiger partial charge on any atom is 0.416 e. The third-order valence-corrected chi connectivity index (χ3v) is 3.15. The molecule has 0 aliphatic heterocycles. The zero-order valence-corrected chi connectivity index (χ0v) is 9.10. The lowest BCUT2D eigenvalue weighted by molar-refractivity contribution is -0.137. The Morgan fingerprint density at radius 2 is 1.71 bits per heavy atom. The molecule has 1 aromatic carbocycles. The first kappa shape index (κ1) is 12.4. The SMILES string of the molecule is NC1(C(F)Cc2ccc(C(F)(F)F)cc2)CC1. The van der Waals surface area contributed by atoms with E-state index in [1.54, 1.807) is 0 Å². The number of hydrogen-bond acceptors (Lipinski definition) is 1. The lowest BCUT2D eigenvalue weighted by Crippen LogP contribution is -2.35. The molecule has 5 heteroatoms. The fourth-order valence-electron chi connectivity index (χ4n) is 1.70. The van der Waals surface area contributed by atoms with Gasteiger partial charge in [0.1, 0.15) is 6.17 Å². The highest BCUT2D eigenvalue weighted by Gasteiger charge is 2.46. The molecular weight excluding hydrogens is 234 g/mol. The van der Waals surface area contributed by atoms with Gasteiger partial charge in [-0.3, -0.25) is 0 Å². The fraction of sp³-hybridized carbons (Fsp3) is 0.500. The monoisotopic (exact) mass is 247 g/mol. The summed E-state index contributed by atoms with van der Waals surface area (Å²) in [5.74, 6) is 0. The summed E-state index contributed by atoms with van der Waals surface area (Å²) >= 11 is 0. The highest BCUT2D eigenvalue weighted by atomic mass is 19.4. The van der Waals surface area contributed by atoms with Gasteiger partial charge in [-0.15, -0.1) is 0 Å². The van der Waals surface area contributed by atoms with E-state index < -0.39 is 23.5 Å². The first-order chi connectivity index (χ1) is 7.81. The molecule has 17 heavy (non-hydrogen) atoms. The van der Waals surface area contributed by atoms with Crippen LogP contribution in [0, 0.1) is 0 Å². The molecule has 2 N–H and O–H groups in total. The second-order valence-electron chi connectivity index (χ2n) is 4.60. The summed E-state index contributed by atoms with van der Waals surface area (Å²) in [6.45, 7) is 0. The quantitative estimate of drug-likeness (QED) is 0.816. The van der Waals surface area contributed by atoms with Crippen LogP contribution in [0.3, 0.4) is 0 Å². The van der Waals surface area contributed by atoms with E-state index in [2.05, 4.69) is 0 Å². The minimum absolute atomic E-state index is 0.0780. The van der Waals surface area contributed by atoms with Gasteiger partial charge in [-0.2, -0.15) is 13.2 Å². The Kier molecular flexibility index (Phi) is 2.89. The molecule has 0 radical (unpaired) electrons. The summed E-state index contributed by atoms with van der Waals surface area (Å²) in [4.78, 5) is 0.